The lowest BCUT2D eigenvalue weighted by atomic mass is 9.92. The zero-order valence-corrected chi connectivity index (χ0v) is 16.0. The fourth-order valence-corrected chi connectivity index (χ4v) is 3.12. The molecule has 0 aromatic heterocycles. The van der Waals surface area contributed by atoms with E-state index in [1.165, 1.54) is 12.1 Å². The average Bonchev–Trinajstić information content (AvgIpc) is 2.47. The van der Waals surface area contributed by atoms with Crippen LogP contribution in [0.4, 0.5) is 13.2 Å². The molecule has 4 nitrogen and oxygen atoms in total. The molecule has 0 fully saturated rings. The second kappa shape index (κ2) is 8.44. The van der Waals surface area contributed by atoms with E-state index in [0.29, 0.717) is 4.47 Å². The molecule has 136 valence electrons. The van der Waals surface area contributed by atoms with E-state index in [2.05, 4.69) is 25.4 Å². The third kappa shape index (κ3) is 5.29. The Balaban J connectivity index is 3.36. The summed E-state index contributed by atoms with van der Waals surface area (Å²) in [5, 5.41) is 0. The lowest BCUT2D eigenvalue weighted by Gasteiger charge is -2.28. The van der Waals surface area contributed by atoms with E-state index in [1.54, 1.807) is 20.8 Å². The maximum Gasteiger partial charge on any atom is 0.324 e. The molecule has 0 spiro atoms. The number of benzene rings is 1. The first-order chi connectivity index (χ1) is 11.0. The molecule has 0 aliphatic carbocycles. The molecule has 0 saturated carbocycles. The van der Waals surface area contributed by atoms with Gasteiger partial charge in [0.25, 0.3) is 0 Å². The predicted octanol–water partition coefficient (Wildman–Crippen LogP) is 3.53. The van der Waals surface area contributed by atoms with Gasteiger partial charge in [-0.15, -0.1) is 0 Å². The van der Waals surface area contributed by atoms with Crippen LogP contribution in [0.3, 0.4) is 0 Å². The number of methoxy groups -OCH3 is 1. The van der Waals surface area contributed by atoms with E-state index >= 15 is 0 Å². The molecule has 0 heterocycles. The van der Waals surface area contributed by atoms with Gasteiger partial charge in [0.1, 0.15) is 11.9 Å². The van der Waals surface area contributed by atoms with Crippen molar-refractivity contribution in [3.8, 4) is 0 Å². The first kappa shape index (κ1) is 21.1. The Morgan fingerprint density at radius 3 is 2.38 bits per heavy atom. The fraction of sp³-hybridized carbons (Fsp3) is 0.533. The Morgan fingerprint density at radius 2 is 1.92 bits per heavy atom. The van der Waals surface area contributed by atoms with Gasteiger partial charge in [-0.05, 0) is 44.5 Å². The Labute approximate surface area is 149 Å². The van der Waals surface area contributed by atoms with Crippen LogP contribution in [0.25, 0.3) is 0 Å². The summed E-state index contributed by atoms with van der Waals surface area (Å²) in [7, 11) is -0.806. The van der Waals surface area contributed by atoms with Crippen molar-refractivity contribution in [1.29, 1.82) is 0 Å². The Hall–Kier alpha value is -0.930. The summed E-state index contributed by atoms with van der Waals surface area (Å²) in [6, 6.07) is 1.88. The van der Waals surface area contributed by atoms with Crippen molar-refractivity contribution in [3.05, 3.63) is 34.1 Å². The number of hydrogen-bond acceptors (Lipinski definition) is 3. The van der Waals surface area contributed by atoms with E-state index in [-0.39, 0.29) is 5.56 Å². The van der Waals surface area contributed by atoms with Gasteiger partial charge in [0.15, 0.2) is 0 Å². The number of ether oxygens (including phenoxy) is 1. The predicted molar refractivity (Wildman–Crippen MR) is 89.7 cm³/mol. The molecule has 9 heteroatoms. The molecule has 0 aliphatic rings. The lowest BCUT2D eigenvalue weighted by molar-refractivity contribution is -0.144. The van der Waals surface area contributed by atoms with Crippen LogP contribution in [0.1, 0.15) is 32.3 Å². The van der Waals surface area contributed by atoms with E-state index < -0.39 is 45.9 Å². The third-order valence-corrected chi connectivity index (χ3v) is 5.27. The van der Waals surface area contributed by atoms with Crippen molar-refractivity contribution in [2.75, 3.05) is 7.11 Å². The van der Waals surface area contributed by atoms with Gasteiger partial charge in [0.2, 0.25) is 6.43 Å². The van der Waals surface area contributed by atoms with Gasteiger partial charge < -0.3 is 4.74 Å². The highest BCUT2D eigenvalue weighted by Crippen LogP contribution is 2.32. The molecular formula is C15H19BrF3NO3S. The molecule has 1 N–H and O–H groups in total. The van der Waals surface area contributed by atoms with Gasteiger partial charge in [-0.2, -0.15) is 0 Å². The standard InChI is InChI=1S/C15H19BrF3NO3S/c1-15(2,3)24(22)20-12(14(21)23-4)11(13(18)19)9-7-8(16)5-6-10(9)17/h5-7,11-13,20H,1-4H3/t11?,12-,24+/m1/s1. The van der Waals surface area contributed by atoms with Crippen molar-refractivity contribution >= 4 is 32.9 Å². The van der Waals surface area contributed by atoms with Gasteiger partial charge in [0, 0.05) is 4.47 Å². The van der Waals surface area contributed by atoms with Crippen molar-refractivity contribution < 1.29 is 26.9 Å². The molecule has 0 amide bonds. The second-order valence-electron chi connectivity index (χ2n) is 6.03. The van der Waals surface area contributed by atoms with Gasteiger partial charge in [0.05, 0.1) is 28.8 Å². The molecule has 1 aromatic rings. The summed E-state index contributed by atoms with van der Waals surface area (Å²) in [6.45, 7) is 4.84. The summed E-state index contributed by atoms with van der Waals surface area (Å²) in [5.74, 6) is -3.79. The van der Waals surface area contributed by atoms with Crippen LogP contribution in [0.5, 0.6) is 0 Å². The zero-order valence-electron chi connectivity index (χ0n) is 13.6. The average molecular weight is 430 g/mol. The number of carbonyl (C=O) groups excluding carboxylic acids is 1. The summed E-state index contributed by atoms with van der Waals surface area (Å²) in [6.07, 6.45) is -3.08. The van der Waals surface area contributed by atoms with E-state index in [9.17, 15) is 22.2 Å². The molecule has 1 unspecified atom stereocenters. The first-order valence-corrected chi connectivity index (χ1v) is 8.92. The Kier molecular flexibility index (Phi) is 7.43. The number of esters is 1. The van der Waals surface area contributed by atoms with Crippen molar-refractivity contribution in [2.45, 2.75) is 43.9 Å². The number of carbonyl (C=O) groups is 1. The molecule has 0 radical (unpaired) electrons. The summed E-state index contributed by atoms with van der Waals surface area (Å²) in [4.78, 5) is 12.0. The van der Waals surface area contributed by atoms with Gasteiger partial charge >= 0.3 is 5.97 Å². The molecule has 0 saturated heterocycles. The number of rotatable bonds is 6. The smallest absolute Gasteiger partial charge is 0.324 e. The molecule has 1 aromatic carbocycles. The fourth-order valence-electron chi connectivity index (χ4n) is 1.92. The Morgan fingerprint density at radius 1 is 1.33 bits per heavy atom. The first-order valence-electron chi connectivity index (χ1n) is 6.98. The van der Waals surface area contributed by atoms with Crippen LogP contribution in [0.15, 0.2) is 22.7 Å². The summed E-state index contributed by atoms with van der Waals surface area (Å²) >= 11 is 3.09. The number of hydrogen-bond donors (Lipinski definition) is 1. The largest absolute Gasteiger partial charge is 0.468 e. The summed E-state index contributed by atoms with van der Waals surface area (Å²) in [5.41, 5.74) is -0.367. The highest BCUT2D eigenvalue weighted by molar-refractivity contribution is 9.10. The van der Waals surface area contributed by atoms with Crippen LogP contribution in [-0.2, 0) is 20.5 Å². The van der Waals surface area contributed by atoms with Crippen LogP contribution < -0.4 is 4.72 Å². The zero-order chi connectivity index (χ0) is 18.7. The summed E-state index contributed by atoms with van der Waals surface area (Å²) < 4.78 is 60.1. The van der Waals surface area contributed by atoms with Crippen LogP contribution in [0, 0.1) is 5.82 Å². The molecule has 0 bridgehead atoms. The SMILES string of the molecule is COC(=O)[C@H](N[S@@](=O)C(C)(C)C)C(c1cc(Br)ccc1F)C(F)F. The minimum atomic E-state index is -3.08. The number of nitrogens with one attached hydrogen (secondary N) is 1. The number of halogens is 4. The van der Waals surface area contributed by atoms with Crippen LogP contribution >= 0.6 is 15.9 Å². The molecule has 1 rings (SSSR count). The van der Waals surface area contributed by atoms with Gasteiger partial charge in [-0.25, -0.2) is 22.1 Å². The maximum atomic E-state index is 14.1. The quantitative estimate of drug-likeness (QED) is 0.703. The normalized spacial score (nSPS) is 15.9. The van der Waals surface area contributed by atoms with Crippen molar-refractivity contribution in [3.63, 3.8) is 0 Å². The van der Waals surface area contributed by atoms with Crippen LogP contribution in [0.2, 0.25) is 0 Å². The maximum absolute atomic E-state index is 14.1. The monoisotopic (exact) mass is 429 g/mol. The van der Waals surface area contributed by atoms with Gasteiger partial charge in [-0.1, -0.05) is 15.9 Å². The highest BCUT2D eigenvalue weighted by Gasteiger charge is 2.41. The van der Waals surface area contributed by atoms with Crippen molar-refractivity contribution in [1.82, 2.24) is 4.72 Å². The van der Waals surface area contributed by atoms with E-state index in [4.69, 9.17) is 0 Å². The minimum Gasteiger partial charge on any atom is -0.468 e. The van der Waals surface area contributed by atoms with E-state index in [0.717, 1.165) is 13.2 Å². The second-order valence-corrected chi connectivity index (χ2v) is 8.94. The highest BCUT2D eigenvalue weighted by atomic mass is 79.9. The molecule has 3 atom stereocenters. The van der Waals surface area contributed by atoms with Crippen LogP contribution in [-0.4, -0.2) is 34.5 Å². The Bertz CT molecular complexity index is 622. The molecular weight excluding hydrogens is 411 g/mol. The topological polar surface area (TPSA) is 55.4 Å². The third-order valence-electron chi connectivity index (χ3n) is 3.19. The minimum absolute atomic E-state index is 0.367. The van der Waals surface area contributed by atoms with Gasteiger partial charge in [-0.3, -0.25) is 4.79 Å². The van der Waals surface area contributed by atoms with Crippen molar-refractivity contribution in [2.24, 2.45) is 0 Å². The molecule has 24 heavy (non-hydrogen) atoms. The number of alkyl halides is 2. The molecule has 0 aliphatic heterocycles. The lowest BCUT2D eigenvalue weighted by Crippen LogP contribution is -2.49. The van der Waals surface area contributed by atoms with E-state index in [1.807, 2.05) is 0 Å².